The Morgan fingerprint density at radius 1 is 1.30 bits per heavy atom. The maximum atomic E-state index is 12.0. The van der Waals surface area contributed by atoms with Gasteiger partial charge in [-0.05, 0) is 11.6 Å². The maximum absolute atomic E-state index is 12.0. The molecule has 1 amide bonds. The predicted octanol–water partition coefficient (Wildman–Crippen LogP) is 2.68. The van der Waals surface area contributed by atoms with E-state index in [-0.39, 0.29) is 5.91 Å². The van der Waals surface area contributed by atoms with Crippen molar-refractivity contribution < 1.29 is 9.53 Å². The van der Waals surface area contributed by atoms with Crippen molar-refractivity contribution in [3.05, 3.63) is 59.5 Å². The quantitative estimate of drug-likeness (QED) is 0.791. The number of likely N-dealkylation sites (tertiary alicyclic amines) is 1. The van der Waals surface area contributed by atoms with E-state index in [9.17, 15) is 4.79 Å². The Hall–Kier alpha value is -2.40. The minimum Gasteiger partial charge on any atom is -0.476 e. The molecule has 0 saturated carbocycles. The molecule has 2 heterocycles. The van der Waals surface area contributed by atoms with Crippen LogP contribution in [0.2, 0.25) is 5.15 Å². The topological polar surface area (TPSA) is 55.3 Å². The summed E-state index contributed by atoms with van der Waals surface area (Å²) in [5.74, 6) is 0.740. The van der Waals surface area contributed by atoms with Gasteiger partial charge in [-0.1, -0.05) is 41.9 Å². The molecule has 23 heavy (non-hydrogen) atoms. The van der Waals surface area contributed by atoms with Gasteiger partial charge >= 0.3 is 0 Å². The molecular weight excluding hydrogens is 314 g/mol. The molecule has 3 rings (SSSR count). The van der Waals surface area contributed by atoms with Crippen LogP contribution in [0.3, 0.4) is 0 Å². The number of benzene rings is 1. The Labute approximate surface area is 139 Å². The van der Waals surface area contributed by atoms with Crippen LogP contribution in [0.15, 0.2) is 48.8 Å². The van der Waals surface area contributed by atoms with Gasteiger partial charge in [0.05, 0.1) is 19.0 Å². The van der Waals surface area contributed by atoms with Gasteiger partial charge in [-0.15, -0.1) is 0 Å². The minimum absolute atomic E-state index is 0.0210. The normalized spacial score (nSPS) is 14.7. The highest BCUT2D eigenvalue weighted by Crippen LogP contribution is 2.18. The van der Waals surface area contributed by atoms with E-state index in [1.165, 1.54) is 12.4 Å². The van der Waals surface area contributed by atoms with Crippen LogP contribution < -0.4 is 4.74 Å². The van der Waals surface area contributed by atoms with E-state index < -0.39 is 0 Å². The first-order valence-corrected chi connectivity index (χ1v) is 7.71. The number of nitrogens with zero attached hydrogens (tertiary/aromatic N) is 3. The summed E-state index contributed by atoms with van der Waals surface area (Å²) in [5, 5.41) is 0.305. The molecule has 1 fully saturated rings. The van der Waals surface area contributed by atoms with E-state index in [1.807, 2.05) is 36.4 Å². The summed E-state index contributed by atoms with van der Waals surface area (Å²) in [7, 11) is 0. The second-order valence-electron chi connectivity index (χ2n) is 5.34. The van der Waals surface area contributed by atoms with Crippen molar-refractivity contribution in [1.29, 1.82) is 0 Å². The predicted molar refractivity (Wildman–Crippen MR) is 88.1 cm³/mol. The molecule has 0 unspecified atom stereocenters. The second-order valence-corrected chi connectivity index (χ2v) is 5.73. The first-order chi connectivity index (χ1) is 11.2. The lowest BCUT2D eigenvalue weighted by Crippen LogP contribution is -2.51. The number of rotatable bonds is 5. The van der Waals surface area contributed by atoms with E-state index in [0.29, 0.717) is 36.6 Å². The summed E-state index contributed by atoms with van der Waals surface area (Å²) in [6.45, 7) is 1.87. The third-order valence-corrected chi connectivity index (χ3v) is 3.72. The second kappa shape index (κ2) is 7.24. The average Bonchev–Trinajstić information content (AvgIpc) is 2.52. The van der Waals surface area contributed by atoms with Crippen molar-refractivity contribution in [3.8, 4) is 5.88 Å². The number of aromatic nitrogens is 2. The van der Waals surface area contributed by atoms with Crippen LogP contribution in [-0.4, -0.2) is 40.5 Å². The summed E-state index contributed by atoms with van der Waals surface area (Å²) in [6.07, 6.45) is 6.41. The van der Waals surface area contributed by atoms with Crippen molar-refractivity contribution >= 4 is 23.6 Å². The lowest BCUT2D eigenvalue weighted by Gasteiger charge is -2.38. The molecule has 0 atom stereocenters. The highest BCUT2D eigenvalue weighted by molar-refractivity contribution is 6.29. The molecule has 6 heteroatoms. The molecule has 0 aliphatic carbocycles. The van der Waals surface area contributed by atoms with Crippen LogP contribution in [0.25, 0.3) is 6.08 Å². The molecule has 0 spiro atoms. The number of hydrogen-bond acceptors (Lipinski definition) is 4. The first-order valence-electron chi connectivity index (χ1n) is 7.33. The fourth-order valence-corrected chi connectivity index (χ4v) is 2.43. The van der Waals surface area contributed by atoms with Gasteiger partial charge in [-0.3, -0.25) is 9.78 Å². The SMILES string of the molecule is O=C(/C=C/c1ccccc1)N1CC(COc2cncc(Cl)n2)C1. The van der Waals surface area contributed by atoms with Crippen LogP contribution in [-0.2, 0) is 4.79 Å². The number of ether oxygens (including phenoxy) is 1. The standard InChI is InChI=1S/C17H16ClN3O2/c18-15-8-19-9-16(20-15)23-12-14-10-21(11-14)17(22)7-6-13-4-2-1-3-5-13/h1-9,14H,10-12H2/b7-6+. The summed E-state index contributed by atoms with van der Waals surface area (Å²) < 4.78 is 5.53. The Morgan fingerprint density at radius 3 is 2.83 bits per heavy atom. The average molecular weight is 330 g/mol. The molecule has 1 aromatic heterocycles. The molecule has 0 radical (unpaired) electrons. The Bertz CT molecular complexity index is 700. The van der Waals surface area contributed by atoms with Crippen molar-refractivity contribution in [2.75, 3.05) is 19.7 Å². The van der Waals surface area contributed by atoms with Crippen LogP contribution in [0.1, 0.15) is 5.56 Å². The van der Waals surface area contributed by atoms with Crippen molar-refractivity contribution in [3.63, 3.8) is 0 Å². The van der Waals surface area contributed by atoms with Crippen molar-refractivity contribution in [1.82, 2.24) is 14.9 Å². The Morgan fingerprint density at radius 2 is 2.09 bits per heavy atom. The highest BCUT2D eigenvalue weighted by Gasteiger charge is 2.29. The van der Waals surface area contributed by atoms with Crippen molar-refractivity contribution in [2.24, 2.45) is 5.92 Å². The number of carbonyl (C=O) groups excluding carboxylic acids is 1. The smallest absolute Gasteiger partial charge is 0.246 e. The van der Waals surface area contributed by atoms with E-state index in [0.717, 1.165) is 5.56 Å². The zero-order chi connectivity index (χ0) is 16.1. The lowest BCUT2D eigenvalue weighted by atomic mass is 10.0. The van der Waals surface area contributed by atoms with Crippen molar-refractivity contribution in [2.45, 2.75) is 0 Å². The molecule has 2 aromatic rings. The number of amides is 1. The number of halogens is 1. The third-order valence-electron chi connectivity index (χ3n) is 3.54. The Balaban J connectivity index is 1.42. The molecule has 1 saturated heterocycles. The van der Waals surface area contributed by atoms with Gasteiger partial charge in [-0.2, -0.15) is 4.98 Å². The monoisotopic (exact) mass is 329 g/mol. The molecule has 5 nitrogen and oxygen atoms in total. The van der Waals surface area contributed by atoms with E-state index in [2.05, 4.69) is 9.97 Å². The van der Waals surface area contributed by atoms with E-state index >= 15 is 0 Å². The van der Waals surface area contributed by atoms with Crippen LogP contribution in [0.5, 0.6) is 5.88 Å². The van der Waals surface area contributed by atoms with Gasteiger partial charge < -0.3 is 9.64 Å². The zero-order valence-corrected chi connectivity index (χ0v) is 13.2. The zero-order valence-electron chi connectivity index (χ0n) is 12.4. The maximum Gasteiger partial charge on any atom is 0.246 e. The highest BCUT2D eigenvalue weighted by atomic mass is 35.5. The molecule has 118 valence electrons. The largest absolute Gasteiger partial charge is 0.476 e. The van der Waals surface area contributed by atoms with Gasteiger partial charge in [0.2, 0.25) is 11.8 Å². The van der Waals surface area contributed by atoms with Crippen LogP contribution in [0, 0.1) is 5.92 Å². The van der Waals surface area contributed by atoms with Gasteiger partial charge in [-0.25, -0.2) is 0 Å². The molecule has 1 aliphatic heterocycles. The summed E-state index contributed by atoms with van der Waals surface area (Å²) >= 11 is 5.74. The first kappa shape index (κ1) is 15.5. The van der Waals surface area contributed by atoms with E-state index in [4.69, 9.17) is 16.3 Å². The molecule has 1 aromatic carbocycles. The van der Waals surface area contributed by atoms with Crippen LogP contribution >= 0.6 is 11.6 Å². The molecule has 0 bridgehead atoms. The Kier molecular flexibility index (Phi) is 4.88. The summed E-state index contributed by atoms with van der Waals surface area (Å²) in [4.78, 5) is 21.7. The molecule has 0 N–H and O–H groups in total. The van der Waals surface area contributed by atoms with Gasteiger partial charge in [0.1, 0.15) is 0 Å². The summed E-state index contributed by atoms with van der Waals surface area (Å²) in [6, 6.07) is 9.76. The fourth-order valence-electron chi connectivity index (χ4n) is 2.29. The van der Waals surface area contributed by atoms with Gasteiger partial charge in [0.15, 0.2) is 5.15 Å². The van der Waals surface area contributed by atoms with E-state index in [1.54, 1.807) is 11.0 Å². The molecule has 1 aliphatic rings. The third kappa shape index (κ3) is 4.29. The minimum atomic E-state index is 0.0210. The number of hydrogen-bond donors (Lipinski definition) is 0. The van der Waals surface area contributed by atoms with Gasteiger partial charge in [0, 0.05) is 25.1 Å². The summed E-state index contributed by atoms with van der Waals surface area (Å²) in [5.41, 5.74) is 1.01. The lowest BCUT2D eigenvalue weighted by molar-refractivity contribution is -0.132. The van der Waals surface area contributed by atoms with Crippen LogP contribution in [0.4, 0.5) is 0 Å². The molecular formula is C17H16ClN3O2. The van der Waals surface area contributed by atoms with Gasteiger partial charge in [0.25, 0.3) is 0 Å². The fraction of sp³-hybridized carbons (Fsp3) is 0.235. The number of carbonyl (C=O) groups is 1.